The molecule has 0 aliphatic carbocycles. The van der Waals surface area contributed by atoms with Crippen LogP contribution in [-0.2, 0) is 14.9 Å². The standard InChI is InChI=1S/C20H21BrFNO4/c1-20(2,3)12-5-8-17(26-4)16(9-12)23-18(24)11-27-19(25)14-7-6-13(22)10-15(14)21/h5-10H,11H2,1-4H3,(H,23,24). The smallest absolute Gasteiger partial charge is 0.339 e. The molecule has 0 heterocycles. The molecule has 0 spiro atoms. The van der Waals surface area contributed by atoms with Gasteiger partial charge in [-0.2, -0.15) is 0 Å². The molecule has 0 bridgehead atoms. The predicted molar refractivity (Wildman–Crippen MR) is 105 cm³/mol. The fourth-order valence-corrected chi connectivity index (χ4v) is 2.84. The van der Waals surface area contributed by atoms with E-state index >= 15 is 0 Å². The quantitative estimate of drug-likeness (QED) is 0.689. The van der Waals surface area contributed by atoms with Crippen molar-refractivity contribution < 1.29 is 23.5 Å². The van der Waals surface area contributed by atoms with Crippen molar-refractivity contribution in [2.24, 2.45) is 0 Å². The second-order valence-corrected chi connectivity index (χ2v) is 7.77. The summed E-state index contributed by atoms with van der Waals surface area (Å²) in [5.41, 5.74) is 1.55. The molecular formula is C20H21BrFNO4. The van der Waals surface area contributed by atoms with Crippen LogP contribution in [0.3, 0.4) is 0 Å². The normalized spacial score (nSPS) is 11.0. The van der Waals surface area contributed by atoms with E-state index in [1.165, 1.54) is 13.2 Å². The van der Waals surface area contributed by atoms with E-state index < -0.39 is 24.3 Å². The van der Waals surface area contributed by atoms with Gasteiger partial charge in [0.15, 0.2) is 6.61 Å². The highest BCUT2D eigenvalue weighted by Gasteiger charge is 2.18. The van der Waals surface area contributed by atoms with Crippen molar-refractivity contribution in [3.05, 3.63) is 57.8 Å². The van der Waals surface area contributed by atoms with E-state index in [0.717, 1.165) is 17.7 Å². The zero-order valence-electron chi connectivity index (χ0n) is 15.6. The number of rotatable bonds is 5. The second-order valence-electron chi connectivity index (χ2n) is 6.91. The molecule has 2 aromatic rings. The first-order valence-corrected chi connectivity index (χ1v) is 9.01. The van der Waals surface area contributed by atoms with Gasteiger partial charge in [0.1, 0.15) is 11.6 Å². The van der Waals surface area contributed by atoms with E-state index in [-0.39, 0.29) is 15.5 Å². The number of methoxy groups -OCH3 is 1. The average molecular weight is 438 g/mol. The van der Waals surface area contributed by atoms with Gasteiger partial charge >= 0.3 is 5.97 Å². The topological polar surface area (TPSA) is 64.6 Å². The average Bonchev–Trinajstić information content (AvgIpc) is 2.59. The fourth-order valence-electron chi connectivity index (χ4n) is 2.32. The summed E-state index contributed by atoms with van der Waals surface area (Å²) < 4.78 is 23.6. The van der Waals surface area contributed by atoms with E-state index in [0.29, 0.717) is 11.4 Å². The molecule has 1 N–H and O–H groups in total. The highest BCUT2D eigenvalue weighted by molar-refractivity contribution is 9.10. The van der Waals surface area contributed by atoms with Gasteiger partial charge in [0.2, 0.25) is 0 Å². The van der Waals surface area contributed by atoms with Gasteiger partial charge in [0.25, 0.3) is 5.91 Å². The molecule has 0 saturated heterocycles. The Labute approximate surface area is 166 Å². The Hall–Kier alpha value is -2.41. The minimum atomic E-state index is -0.729. The monoisotopic (exact) mass is 437 g/mol. The molecule has 0 aliphatic rings. The molecule has 5 nitrogen and oxygen atoms in total. The number of anilines is 1. The maximum atomic E-state index is 13.1. The first kappa shape index (κ1) is 20.9. The molecule has 0 saturated carbocycles. The van der Waals surface area contributed by atoms with Crippen LogP contribution < -0.4 is 10.1 Å². The van der Waals surface area contributed by atoms with Crippen molar-refractivity contribution in [1.82, 2.24) is 0 Å². The fraction of sp³-hybridized carbons (Fsp3) is 0.300. The van der Waals surface area contributed by atoms with Crippen LogP contribution in [-0.4, -0.2) is 25.6 Å². The Morgan fingerprint density at radius 3 is 2.44 bits per heavy atom. The summed E-state index contributed by atoms with van der Waals surface area (Å²) in [7, 11) is 1.51. The number of nitrogens with one attached hydrogen (secondary N) is 1. The van der Waals surface area contributed by atoms with Gasteiger partial charge < -0.3 is 14.8 Å². The molecule has 0 radical (unpaired) electrons. The van der Waals surface area contributed by atoms with Crippen molar-refractivity contribution in [2.75, 3.05) is 19.0 Å². The van der Waals surface area contributed by atoms with Crippen molar-refractivity contribution in [3.8, 4) is 5.75 Å². The van der Waals surface area contributed by atoms with Crippen molar-refractivity contribution in [1.29, 1.82) is 0 Å². The van der Waals surface area contributed by atoms with Gasteiger partial charge in [-0.05, 0) is 57.2 Å². The zero-order chi connectivity index (χ0) is 20.2. The summed E-state index contributed by atoms with van der Waals surface area (Å²) in [6.07, 6.45) is 0. The highest BCUT2D eigenvalue weighted by atomic mass is 79.9. The number of benzene rings is 2. The van der Waals surface area contributed by atoms with Crippen LogP contribution in [0, 0.1) is 5.82 Å². The SMILES string of the molecule is COc1ccc(C(C)(C)C)cc1NC(=O)COC(=O)c1ccc(F)cc1Br. The third-order valence-electron chi connectivity index (χ3n) is 3.82. The summed E-state index contributed by atoms with van der Waals surface area (Å²) in [5.74, 6) is -1.22. The molecule has 27 heavy (non-hydrogen) atoms. The largest absolute Gasteiger partial charge is 0.495 e. The molecule has 0 aromatic heterocycles. The predicted octanol–water partition coefficient (Wildman–Crippen LogP) is 4.69. The molecular weight excluding hydrogens is 417 g/mol. The number of carbonyl (C=O) groups excluding carboxylic acids is 2. The molecule has 2 aromatic carbocycles. The first-order valence-electron chi connectivity index (χ1n) is 8.22. The number of amides is 1. The van der Waals surface area contributed by atoms with Gasteiger partial charge in [0.05, 0.1) is 18.4 Å². The van der Waals surface area contributed by atoms with Crippen LogP contribution in [0.1, 0.15) is 36.7 Å². The molecule has 0 atom stereocenters. The van der Waals surface area contributed by atoms with Gasteiger partial charge in [-0.15, -0.1) is 0 Å². The van der Waals surface area contributed by atoms with Crippen molar-refractivity contribution in [3.63, 3.8) is 0 Å². The minimum Gasteiger partial charge on any atom is -0.495 e. The van der Waals surface area contributed by atoms with Crippen molar-refractivity contribution in [2.45, 2.75) is 26.2 Å². The van der Waals surface area contributed by atoms with E-state index in [4.69, 9.17) is 9.47 Å². The Kier molecular flexibility index (Phi) is 6.59. The van der Waals surface area contributed by atoms with Gasteiger partial charge in [0, 0.05) is 4.47 Å². The number of carbonyl (C=O) groups is 2. The van der Waals surface area contributed by atoms with E-state index in [9.17, 15) is 14.0 Å². The molecule has 7 heteroatoms. The Morgan fingerprint density at radius 2 is 1.85 bits per heavy atom. The number of halogens is 2. The lowest BCUT2D eigenvalue weighted by Crippen LogP contribution is -2.22. The van der Waals surface area contributed by atoms with Gasteiger partial charge in [-0.3, -0.25) is 4.79 Å². The van der Waals surface area contributed by atoms with Crippen LogP contribution in [0.2, 0.25) is 0 Å². The second kappa shape index (κ2) is 8.52. The number of esters is 1. The third kappa shape index (κ3) is 5.53. The molecule has 2 rings (SSSR count). The Balaban J connectivity index is 2.06. The Bertz CT molecular complexity index is 862. The first-order chi connectivity index (χ1) is 12.6. The maximum Gasteiger partial charge on any atom is 0.339 e. The van der Waals surface area contributed by atoms with E-state index in [1.54, 1.807) is 6.07 Å². The molecule has 0 unspecified atom stereocenters. The molecule has 144 valence electrons. The summed E-state index contributed by atoms with van der Waals surface area (Å²) in [4.78, 5) is 24.3. The summed E-state index contributed by atoms with van der Waals surface area (Å²) >= 11 is 3.10. The van der Waals surface area contributed by atoms with Crippen LogP contribution in [0.15, 0.2) is 40.9 Å². The van der Waals surface area contributed by atoms with Gasteiger partial charge in [-0.25, -0.2) is 9.18 Å². The van der Waals surface area contributed by atoms with Crippen LogP contribution in [0.5, 0.6) is 5.75 Å². The van der Waals surface area contributed by atoms with Crippen LogP contribution >= 0.6 is 15.9 Å². The zero-order valence-corrected chi connectivity index (χ0v) is 17.1. The number of hydrogen-bond acceptors (Lipinski definition) is 4. The maximum absolute atomic E-state index is 13.1. The van der Waals surface area contributed by atoms with Crippen molar-refractivity contribution >= 4 is 33.5 Å². The lowest BCUT2D eigenvalue weighted by Gasteiger charge is -2.21. The van der Waals surface area contributed by atoms with E-state index in [2.05, 4.69) is 42.0 Å². The lowest BCUT2D eigenvalue weighted by molar-refractivity contribution is -0.119. The summed E-state index contributed by atoms with van der Waals surface area (Å²) in [6.45, 7) is 5.69. The molecule has 1 amide bonds. The summed E-state index contributed by atoms with van der Waals surface area (Å²) in [6, 6.07) is 9.12. The molecule has 0 fully saturated rings. The highest BCUT2D eigenvalue weighted by Crippen LogP contribution is 2.31. The van der Waals surface area contributed by atoms with Gasteiger partial charge in [-0.1, -0.05) is 26.8 Å². The van der Waals surface area contributed by atoms with E-state index in [1.807, 2.05) is 12.1 Å². The number of ether oxygens (including phenoxy) is 2. The molecule has 0 aliphatic heterocycles. The van der Waals surface area contributed by atoms with Crippen LogP contribution in [0.25, 0.3) is 0 Å². The number of hydrogen-bond donors (Lipinski definition) is 1. The third-order valence-corrected chi connectivity index (χ3v) is 4.48. The lowest BCUT2D eigenvalue weighted by atomic mass is 9.87. The summed E-state index contributed by atoms with van der Waals surface area (Å²) in [5, 5.41) is 2.69. The van der Waals surface area contributed by atoms with Crippen LogP contribution in [0.4, 0.5) is 10.1 Å². The Morgan fingerprint density at radius 1 is 1.15 bits per heavy atom. The minimum absolute atomic E-state index is 0.104.